The fourth-order valence-corrected chi connectivity index (χ4v) is 2.84. The van der Waals surface area contributed by atoms with Gasteiger partial charge < -0.3 is 15.7 Å². The number of aromatic nitrogens is 1. The molecule has 0 spiro atoms. The number of carbonyl (C=O) groups excluding carboxylic acids is 1. The van der Waals surface area contributed by atoms with Crippen LogP contribution in [0, 0.1) is 19.8 Å². The molecule has 1 unspecified atom stereocenters. The number of rotatable bonds is 5. The van der Waals surface area contributed by atoms with Gasteiger partial charge in [0.05, 0.1) is 16.7 Å². The molecule has 0 aromatic carbocycles. The Morgan fingerprint density at radius 2 is 1.80 bits per heavy atom. The molecule has 1 aromatic heterocycles. The lowest BCUT2D eigenvalue weighted by molar-refractivity contribution is -0.140. The fraction of sp³-hybridized carbons (Fsp3) is 0.615. The van der Waals surface area contributed by atoms with E-state index in [1.54, 1.807) is 13.8 Å². The molecule has 3 N–H and O–H groups in total. The summed E-state index contributed by atoms with van der Waals surface area (Å²) in [6.45, 7) is 9.15. The zero-order chi connectivity index (χ0) is 15.4. The van der Waals surface area contributed by atoms with Crippen LogP contribution in [0.3, 0.4) is 0 Å². The van der Waals surface area contributed by atoms with E-state index in [0.717, 1.165) is 15.6 Å². The van der Waals surface area contributed by atoms with Crippen LogP contribution in [-0.4, -0.2) is 28.1 Å². The molecule has 0 aliphatic carbocycles. The standard InChI is InChI=1S/C13H21N3O3S/c1-6(2)10(12(17)18)16-13(19)15-8(4)11-7(3)14-9(5)20-11/h6,8,10H,1-5H3,(H,17,18)(H2,15,16,19)/t8?,10-/m0/s1. The third-order valence-corrected chi connectivity index (χ3v) is 4.16. The lowest BCUT2D eigenvalue weighted by atomic mass is 10.1. The molecule has 1 rings (SSSR count). The fourth-order valence-electron chi connectivity index (χ4n) is 1.91. The van der Waals surface area contributed by atoms with E-state index in [4.69, 9.17) is 5.11 Å². The van der Waals surface area contributed by atoms with Gasteiger partial charge in [0.25, 0.3) is 0 Å². The maximum Gasteiger partial charge on any atom is 0.326 e. The van der Waals surface area contributed by atoms with Crippen molar-refractivity contribution in [1.82, 2.24) is 15.6 Å². The Morgan fingerprint density at radius 1 is 1.20 bits per heavy atom. The van der Waals surface area contributed by atoms with Gasteiger partial charge in [-0.05, 0) is 26.7 Å². The summed E-state index contributed by atoms with van der Waals surface area (Å²) < 4.78 is 0. The molecular weight excluding hydrogens is 278 g/mol. The quantitative estimate of drug-likeness (QED) is 0.777. The highest BCUT2D eigenvalue weighted by Gasteiger charge is 2.24. The molecule has 0 aliphatic rings. The summed E-state index contributed by atoms with van der Waals surface area (Å²) in [4.78, 5) is 28.2. The maximum absolute atomic E-state index is 11.9. The van der Waals surface area contributed by atoms with Crippen LogP contribution >= 0.6 is 11.3 Å². The van der Waals surface area contributed by atoms with Crippen LogP contribution in [0.15, 0.2) is 0 Å². The molecule has 112 valence electrons. The number of aliphatic carboxylic acids is 1. The summed E-state index contributed by atoms with van der Waals surface area (Å²) in [7, 11) is 0. The Balaban J connectivity index is 2.66. The number of urea groups is 1. The number of hydrogen-bond donors (Lipinski definition) is 3. The second kappa shape index (κ2) is 6.69. The summed E-state index contributed by atoms with van der Waals surface area (Å²) in [5, 5.41) is 15.2. The van der Waals surface area contributed by atoms with E-state index in [1.807, 2.05) is 20.8 Å². The van der Waals surface area contributed by atoms with Gasteiger partial charge in [0.2, 0.25) is 0 Å². The third-order valence-electron chi connectivity index (χ3n) is 2.90. The van der Waals surface area contributed by atoms with Crippen molar-refractivity contribution in [2.24, 2.45) is 5.92 Å². The molecule has 7 heteroatoms. The number of nitrogens with zero attached hydrogens (tertiary/aromatic N) is 1. The number of carboxylic acid groups (broad SMARTS) is 1. The smallest absolute Gasteiger partial charge is 0.326 e. The normalized spacial score (nSPS) is 13.9. The number of carboxylic acids is 1. The SMILES string of the molecule is Cc1nc(C)c(C(C)NC(=O)N[C@H](C(=O)O)C(C)C)s1. The van der Waals surface area contributed by atoms with Crippen LogP contribution < -0.4 is 10.6 Å². The third kappa shape index (κ3) is 4.19. The minimum absolute atomic E-state index is 0.180. The zero-order valence-corrected chi connectivity index (χ0v) is 13.2. The largest absolute Gasteiger partial charge is 0.480 e. The number of carbonyl (C=O) groups is 2. The molecule has 2 atom stereocenters. The van der Waals surface area contributed by atoms with Gasteiger partial charge in [0.15, 0.2) is 0 Å². The van der Waals surface area contributed by atoms with Gasteiger partial charge in [-0.2, -0.15) is 0 Å². The van der Waals surface area contributed by atoms with Gasteiger partial charge in [-0.15, -0.1) is 11.3 Å². The maximum atomic E-state index is 11.9. The highest BCUT2D eigenvalue weighted by atomic mass is 32.1. The van der Waals surface area contributed by atoms with Crippen molar-refractivity contribution >= 4 is 23.3 Å². The highest BCUT2D eigenvalue weighted by Crippen LogP contribution is 2.24. The minimum Gasteiger partial charge on any atom is -0.480 e. The van der Waals surface area contributed by atoms with Gasteiger partial charge in [-0.3, -0.25) is 0 Å². The average Bonchev–Trinajstić information content (AvgIpc) is 2.64. The summed E-state index contributed by atoms with van der Waals surface area (Å²) >= 11 is 1.53. The Morgan fingerprint density at radius 3 is 2.20 bits per heavy atom. The summed E-state index contributed by atoms with van der Waals surface area (Å²) in [6, 6.07) is -1.58. The second-order valence-electron chi connectivity index (χ2n) is 5.08. The number of amides is 2. The average molecular weight is 299 g/mol. The molecule has 1 aromatic rings. The molecule has 0 saturated carbocycles. The van der Waals surface area contributed by atoms with Gasteiger partial charge in [0, 0.05) is 4.88 Å². The zero-order valence-electron chi connectivity index (χ0n) is 12.4. The lowest BCUT2D eigenvalue weighted by Gasteiger charge is -2.20. The number of nitrogens with one attached hydrogen (secondary N) is 2. The van der Waals surface area contributed by atoms with Crippen LogP contribution in [0.1, 0.15) is 42.4 Å². The molecular formula is C13H21N3O3S. The lowest BCUT2D eigenvalue weighted by Crippen LogP contribution is -2.49. The van der Waals surface area contributed by atoms with Crippen molar-refractivity contribution in [3.63, 3.8) is 0 Å². The van der Waals surface area contributed by atoms with E-state index >= 15 is 0 Å². The first-order valence-electron chi connectivity index (χ1n) is 6.46. The van der Waals surface area contributed by atoms with E-state index in [2.05, 4.69) is 15.6 Å². The molecule has 1 heterocycles. The molecule has 2 amide bonds. The monoisotopic (exact) mass is 299 g/mol. The summed E-state index contributed by atoms with van der Waals surface area (Å²) in [5.74, 6) is -1.21. The molecule has 0 bridgehead atoms. The number of hydrogen-bond acceptors (Lipinski definition) is 4. The predicted molar refractivity (Wildman–Crippen MR) is 77.9 cm³/mol. The van der Waals surface area contributed by atoms with Crippen molar-refractivity contribution in [2.45, 2.75) is 46.7 Å². The topological polar surface area (TPSA) is 91.3 Å². The van der Waals surface area contributed by atoms with Gasteiger partial charge in [-0.1, -0.05) is 13.8 Å². The van der Waals surface area contributed by atoms with Crippen LogP contribution in [0.25, 0.3) is 0 Å². The van der Waals surface area contributed by atoms with Crippen LogP contribution in [0.2, 0.25) is 0 Å². The first-order valence-corrected chi connectivity index (χ1v) is 7.27. The summed E-state index contributed by atoms with van der Waals surface area (Å²) in [5.41, 5.74) is 0.888. The van der Waals surface area contributed by atoms with Gasteiger partial charge in [0.1, 0.15) is 6.04 Å². The van der Waals surface area contributed by atoms with E-state index in [1.165, 1.54) is 11.3 Å². The van der Waals surface area contributed by atoms with Crippen molar-refractivity contribution in [2.75, 3.05) is 0 Å². The Hall–Kier alpha value is -1.63. The van der Waals surface area contributed by atoms with Crippen molar-refractivity contribution in [3.8, 4) is 0 Å². The molecule has 0 saturated heterocycles. The number of aryl methyl sites for hydroxylation is 2. The van der Waals surface area contributed by atoms with Crippen LogP contribution in [0.5, 0.6) is 0 Å². The van der Waals surface area contributed by atoms with E-state index in [-0.39, 0.29) is 12.0 Å². The Labute approximate surface area is 122 Å². The van der Waals surface area contributed by atoms with E-state index in [0.29, 0.717) is 0 Å². The predicted octanol–water partition coefficient (Wildman–Crippen LogP) is 2.23. The summed E-state index contributed by atoms with van der Waals surface area (Å²) in [6.07, 6.45) is 0. The first kappa shape index (κ1) is 16.4. The first-order chi connectivity index (χ1) is 9.22. The van der Waals surface area contributed by atoms with Crippen molar-refractivity contribution in [1.29, 1.82) is 0 Å². The van der Waals surface area contributed by atoms with Crippen LogP contribution in [0.4, 0.5) is 4.79 Å². The molecule has 0 fully saturated rings. The second-order valence-corrected chi connectivity index (χ2v) is 6.32. The highest BCUT2D eigenvalue weighted by molar-refractivity contribution is 7.11. The molecule has 20 heavy (non-hydrogen) atoms. The molecule has 0 aliphatic heterocycles. The van der Waals surface area contributed by atoms with E-state index in [9.17, 15) is 9.59 Å². The Kier molecular flexibility index (Phi) is 5.50. The molecule has 6 nitrogen and oxygen atoms in total. The minimum atomic E-state index is -1.03. The Bertz CT molecular complexity index is 499. The van der Waals surface area contributed by atoms with Crippen molar-refractivity contribution in [3.05, 3.63) is 15.6 Å². The number of thiazole rings is 1. The van der Waals surface area contributed by atoms with Gasteiger partial charge >= 0.3 is 12.0 Å². The van der Waals surface area contributed by atoms with Gasteiger partial charge in [-0.25, -0.2) is 14.6 Å². The molecule has 0 radical (unpaired) electrons. The van der Waals surface area contributed by atoms with E-state index < -0.39 is 18.0 Å². The van der Waals surface area contributed by atoms with Crippen molar-refractivity contribution < 1.29 is 14.7 Å². The van der Waals surface area contributed by atoms with Crippen LogP contribution in [-0.2, 0) is 4.79 Å².